The molecule has 1 N–H and O–H groups in total. The maximum absolute atomic E-state index is 12.4. The fourth-order valence-electron chi connectivity index (χ4n) is 2.43. The van der Waals surface area contributed by atoms with Gasteiger partial charge in [-0.15, -0.1) is 0 Å². The largest absolute Gasteiger partial charge is 0.467 e. The molecule has 0 saturated heterocycles. The molecule has 1 aliphatic rings. The van der Waals surface area contributed by atoms with Gasteiger partial charge in [0.25, 0.3) is 0 Å². The van der Waals surface area contributed by atoms with Crippen LogP contribution in [0.15, 0.2) is 47.1 Å². The van der Waals surface area contributed by atoms with Gasteiger partial charge in [-0.2, -0.15) is 0 Å². The summed E-state index contributed by atoms with van der Waals surface area (Å²) in [4.78, 5) is 12.4. The zero-order valence-electron chi connectivity index (χ0n) is 11.0. The summed E-state index contributed by atoms with van der Waals surface area (Å²) >= 11 is 5.91. The number of carbonyl (C=O) groups excluding carboxylic acids is 1. The van der Waals surface area contributed by atoms with Crippen LogP contribution in [0.1, 0.15) is 30.1 Å². The third-order valence-electron chi connectivity index (χ3n) is 3.62. The van der Waals surface area contributed by atoms with E-state index in [0.717, 1.165) is 24.2 Å². The lowest BCUT2D eigenvalue weighted by molar-refractivity contribution is -0.123. The molecule has 1 fully saturated rings. The highest BCUT2D eigenvalue weighted by Crippen LogP contribution is 2.43. The molecule has 1 heterocycles. The molecule has 2 aromatic rings. The van der Waals surface area contributed by atoms with Crippen LogP contribution in [0.25, 0.3) is 0 Å². The molecule has 0 bridgehead atoms. The van der Waals surface area contributed by atoms with E-state index in [0.29, 0.717) is 17.5 Å². The van der Waals surface area contributed by atoms with Crippen LogP contribution in [-0.4, -0.2) is 5.91 Å². The van der Waals surface area contributed by atoms with Gasteiger partial charge in [0.15, 0.2) is 0 Å². The van der Waals surface area contributed by atoms with E-state index in [4.69, 9.17) is 16.0 Å². The summed E-state index contributed by atoms with van der Waals surface area (Å²) in [5.74, 6) is 1.20. The standard InChI is InChI=1S/C16H16ClNO2/c17-13-7-5-12(6-8-13)15(11-3-4-11)16(19)18-10-14-2-1-9-20-14/h1-2,5-9,11,15H,3-4,10H2,(H,18,19). The van der Waals surface area contributed by atoms with Crippen molar-refractivity contribution in [1.82, 2.24) is 5.32 Å². The number of hydrogen-bond donors (Lipinski definition) is 1. The van der Waals surface area contributed by atoms with Gasteiger partial charge in [0.05, 0.1) is 18.7 Å². The van der Waals surface area contributed by atoms with Crippen LogP contribution >= 0.6 is 11.6 Å². The van der Waals surface area contributed by atoms with Crippen molar-refractivity contribution < 1.29 is 9.21 Å². The first kappa shape index (κ1) is 13.3. The summed E-state index contributed by atoms with van der Waals surface area (Å²) in [5, 5.41) is 3.65. The van der Waals surface area contributed by atoms with Crippen LogP contribution in [0.5, 0.6) is 0 Å². The van der Waals surface area contributed by atoms with E-state index >= 15 is 0 Å². The molecule has 0 radical (unpaired) electrons. The first-order valence-electron chi connectivity index (χ1n) is 6.79. The lowest BCUT2D eigenvalue weighted by Gasteiger charge is -2.16. The fourth-order valence-corrected chi connectivity index (χ4v) is 2.56. The Hall–Kier alpha value is -1.74. The van der Waals surface area contributed by atoms with E-state index in [1.54, 1.807) is 6.26 Å². The number of halogens is 1. The Kier molecular flexibility index (Phi) is 3.79. The predicted octanol–water partition coefficient (Wildman–Crippen LogP) is 3.74. The average Bonchev–Trinajstić information content (AvgIpc) is 3.14. The van der Waals surface area contributed by atoms with E-state index < -0.39 is 0 Å². The molecule has 3 rings (SSSR count). The summed E-state index contributed by atoms with van der Waals surface area (Å²) < 4.78 is 5.23. The van der Waals surface area contributed by atoms with E-state index in [1.165, 1.54) is 0 Å². The third kappa shape index (κ3) is 3.05. The molecule has 104 valence electrons. The van der Waals surface area contributed by atoms with Crippen LogP contribution in [0, 0.1) is 5.92 Å². The number of amides is 1. The number of rotatable bonds is 5. The molecular formula is C16H16ClNO2. The monoisotopic (exact) mass is 289 g/mol. The van der Waals surface area contributed by atoms with Crippen LogP contribution in [0.3, 0.4) is 0 Å². The second-order valence-corrected chi connectivity index (χ2v) is 5.60. The maximum atomic E-state index is 12.4. The van der Waals surface area contributed by atoms with Gasteiger partial charge in [-0.3, -0.25) is 4.79 Å². The number of carbonyl (C=O) groups is 1. The van der Waals surface area contributed by atoms with Gasteiger partial charge in [0, 0.05) is 5.02 Å². The lowest BCUT2D eigenvalue weighted by atomic mass is 9.93. The summed E-state index contributed by atoms with van der Waals surface area (Å²) in [7, 11) is 0. The van der Waals surface area contributed by atoms with Gasteiger partial charge < -0.3 is 9.73 Å². The van der Waals surface area contributed by atoms with Crippen LogP contribution < -0.4 is 5.32 Å². The van der Waals surface area contributed by atoms with E-state index in [2.05, 4.69) is 5.32 Å². The van der Waals surface area contributed by atoms with Crippen molar-refractivity contribution in [2.75, 3.05) is 0 Å². The van der Waals surface area contributed by atoms with Gasteiger partial charge >= 0.3 is 0 Å². The Morgan fingerprint density at radius 2 is 2.05 bits per heavy atom. The van der Waals surface area contributed by atoms with Crippen molar-refractivity contribution in [3.63, 3.8) is 0 Å². The van der Waals surface area contributed by atoms with Crippen molar-refractivity contribution in [2.24, 2.45) is 5.92 Å². The fraction of sp³-hybridized carbons (Fsp3) is 0.312. The second-order valence-electron chi connectivity index (χ2n) is 5.16. The normalized spacial score (nSPS) is 15.8. The van der Waals surface area contributed by atoms with Crippen molar-refractivity contribution in [3.8, 4) is 0 Å². The number of nitrogens with one attached hydrogen (secondary N) is 1. The molecule has 4 heteroatoms. The van der Waals surface area contributed by atoms with E-state index in [9.17, 15) is 4.79 Å². The van der Waals surface area contributed by atoms with E-state index in [-0.39, 0.29) is 11.8 Å². The SMILES string of the molecule is O=C(NCc1ccco1)C(c1ccc(Cl)cc1)C1CC1. The summed E-state index contributed by atoms with van der Waals surface area (Å²) in [6.45, 7) is 0.433. The highest BCUT2D eigenvalue weighted by molar-refractivity contribution is 6.30. The molecular weight excluding hydrogens is 274 g/mol. The Balaban J connectivity index is 1.70. The first-order chi connectivity index (χ1) is 9.74. The molecule has 1 aromatic heterocycles. The first-order valence-corrected chi connectivity index (χ1v) is 7.17. The number of benzene rings is 1. The Bertz CT molecular complexity index is 573. The molecule has 0 aliphatic heterocycles. The predicted molar refractivity (Wildman–Crippen MR) is 77.5 cm³/mol. The van der Waals surface area contributed by atoms with Crippen molar-refractivity contribution >= 4 is 17.5 Å². The molecule has 1 atom stereocenters. The average molecular weight is 290 g/mol. The summed E-state index contributed by atoms with van der Waals surface area (Å²) in [6, 6.07) is 11.2. The number of furan rings is 1. The maximum Gasteiger partial charge on any atom is 0.228 e. The molecule has 0 spiro atoms. The minimum atomic E-state index is -0.0813. The van der Waals surface area contributed by atoms with Crippen molar-refractivity contribution in [2.45, 2.75) is 25.3 Å². The molecule has 20 heavy (non-hydrogen) atoms. The van der Waals surface area contributed by atoms with Crippen LogP contribution in [-0.2, 0) is 11.3 Å². The number of hydrogen-bond acceptors (Lipinski definition) is 2. The third-order valence-corrected chi connectivity index (χ3v) is 3.87. The molecule has 3 nitrogen and oxygen atoms in total. The summed E-state index contributed by atoms with van der Waals surface area (Å²) in [5.41, 5.74) is 1.04. The van der Waals surface area contributed by atoms with Gasteiger partial charge in [0.1, 0.15) is 5.76 Å². The van der Waals surface area contributed by atoms with Gasteiger partial charge in [0.2, 0.25) is 5.91 Å². The Labute approximate surface area is 122 Å². The lowest BCUT2D eigenvalue weighted by Crippen LogP contribution is -2.30. The van der Waals surface area contributed by atoms with Gasteiger partial charge in [-0.25, -0.2) is 0 Å². The molecule has 1 saturated carbocycles. The van der Waals surface area contributed by atoms with Gasteiger partial charge in [-0.1, -0.05) is 23.7 Å². The highest BCUT2D eigenvalue weighted by atomic mass is 35.5. The second kappa shape index (κ2) is 5.71. The van der Waals surface area contributed by atoms with Crippen LogP contribution in [0.4, 0.5) is 0 Å². The Morgan fingerprint density at radius 1 is 1.30 bits per heavy atom. The topological polar surface area (TPSA) is 42.2 Å². The zero-order valence-corrected chi connectivity index (χ0v) is 11.8. The van der Waals surface area contributed by atoms with Crippen molar-refractivity contribution in [3.05, 3.63) is 59.0 Å². The minimum Gasteiger partial charge on any atom is -0.467 e. The highest BCUT2D eigenvalue weighted by Gasteiger charge is 2.37. The molecule has 1 unspecified atom stereocenters. The quantitative estimate of drug-likeness (QED) is 0.911. The Morgan fingerprint density at radius 3 is 2.65 bits per heavy atom. The minimum absolute atomic E-state index is 0.0613. The molecule has 1 aliphatic carbocycles. The van der Waals surface area contributed by atoms with Crippen molar-refractivity contribution in [1.29, 1.82) is 0 Å². The molecule has 1 amide bonds. The van der Waals surface area contributed by atoms with Crippen LogP contribution in [0.2, 0.25) is 5.02 Å². The molecule has 1 aromatic carbocycles. The summed E-state index contributed by atoms with van der Waals surface area (Å²) in [6.07, 6.45) is 3.84. The van der Waals surface area contributed by atoms with Gasteiger partial charge in [-0.05, 0) is 48.6 Å². The smallest absolute Gasteiger partial charge is 0.228 e. The zero-order chi connectivity index (χ0) is 13.9. The van der Waals surface area contributed by atoms with E-state index in [1.807, 2.05) is 36.4 Å².